The van der Waals surface area contributed by atoms with Gasteiger partial charge in [-0.3, -0.25) is 0 Å². The summed E-state index contributed by atoms with van der Waals surface area (Å²) in [7, 11) is 0. The molecular weight excluding hydrogens is 238 g/mol. The summed E-state index contributed by atoms with van der Waals surface area (Å²) >= 11 is 0. The molecule has 2 rings (SSSR count). The Morgan fingerprint density at radius 3 is 2.53 bits per heavy atom. The van der Waals surface area contributed by atoms with Crippen LogP contribution in [-0.2, 0) is 0 Å². The Balaban J connectivity index is 2.57. The van der Waals surface area contributed by atoms with Crippen LogP contribution in [0.2, 0.25) is 0 Å². The molecular formula is C16H23NO2. The lowest BCUT2D eigenvalue weighted by Crippen LogP contribution is -2.29. The van der Waals surface area contributed by atoms with Gasteiger partial charge in [0.2, 0.25) is 0 Å². The number of nitrogens with two attached hydrogens (primary N) is 1. The third-order valence-corrected chi connectivity index (χ3v) is 3.66. The third kappa shape index (κ3) is 2.53. The van der Waals surface area contributed by atoms with Gasteiger partial charge in [-0.1, -0.05) is 6.08 Å². The van der Waals surface area contributed by atoms with Gasteiger partial charge in [0.15, 0.2) is 0 Å². The molecule has 0 aliphatic carbocycles. The summed E-state index contributed by atoms with van der Waals surface area (Å²) in [5, 5.41) is 10.3. The minimum absolute atomic E-state index is 0.285. The van der Waals surface area contributed by atoms with Crippen molar-refractivity contribution < 1.29 is 9.84 Å². The van der Waals surface area contributed by atoms with Gasteiger partial charge in [-0.2, -0.15) is 0 Å². The van der Waals surface area contributed by atoms with Gasteiger partial charge in [-0.25, -0.2) is 0 Å². The highest BCUT2D eigenvalue weighted by Crippen LogP contribution is 2.38. The second-order valence-corrected chi connectivity index (χ2v) is 5.99. The first-order valence-electron chi connectivity index (χ1n) is 6.69. The van der Waals surface area contributed by atoms with Crippen molar-refractivity contribution in [3.63, 3.8) is 0 Å². The van der Waals surface area contributed by atoms with E-state index in [1.54, 1.807) is 0 Å². The van der Waals surface area contributed by atoms with Crippen molar-refractivity contribution in [1.29, 1.82) is 0 Å². The lowest BCUT2D eigenvalue weighted by Gasteiger charge is -2.31. The summed E-state index contributed by atoms with van der Waals surface area (Å²) in [6.07, 6.45) is 3.47. The van der Waals surface area contributed by atoms with Crippen LogP contribution in [0, 0.1) is 13.8 Å². The van der Waals surface area contributed by atoms with Gasteiger partial charge >= 0.3 is 0 Å². The molecule has 0 spiro atoms. The standard InChI is InChI=1S/C16H23NO2/c1-9-8-13-12(6-7-16(4,5)19-13)10(2)14(9)15(18)11(3)17/h6-8,11,15,18H,17H2,1-5H3. The van der Waals surface area contributed by atoms with E-state index < -0.39 is 6.10 Å². The molecule has 0 saturated heterocycles. The minimum Gasteiger partial charge on any atom is -0.483 e. The number of aliphatic hydroxyl groups is 1. The molecule has 1 heterocycles. The van der Waals surface area contributed by atoms with Crippen molar-refractivity contribution >= 4 is 6.08 Å². The summed E-state index contributed by atoms with van der Waals surface area (Å²) in [4.78, 5) is 0. The fraction of sp³-hybridized carbons (Fsp3) is 0.500. The van der Waals surface area contributed by atoms with E-state index >= 15 is 0 Å². The lowest BCUT2D eigenvalue weighted by molar-refractivity contribution is 0.149. The van der Waals surface area contributed by atoms with E-state index in [1.165, 1.54) is 0 Å². The number of ether oxygens (including phenoxy) is 1. The highest BCUT2D eigenvalue weighted by atomic mass is 16.5. The van der Waals surface area contributed by atoms with Gasteiger partial charge in [0.1, 0.15) is 11.4 Å². The summed E-state index contributed by atoms with van der Waals surface area (Å²) in [5.74, 6) is 0.878. The van der Waals surface area contributed by atoms with Gasteiger partial charge < -0.3 is 15.6 Å². The molecule has 2 atom stereocenters. The third-order valence-electron chi connectivity index (χ3n) is 3.66. The molecule has 1 aromatic rings. The first kappa shape index (κ1) is 14.1. The van der Waals surface area contributed by atoms with Crippen molar-refractivity contribution in [3.05, 3.63) is 34.4 Å². The molecule has 0 saturated carbocycles. The molecule has 0 radical (unpaired) electrons. The first-order chi connectivity index (χ1) is 8.73. The molecule has 0 aromatic heterocycles. The zero-order valence-corrected chi connectivity index (χ0v) is 12.3. The predicted octanol–water partition coefficient (Wildman–Crippen LogP) is 2.87. The monoisotopic (exact) mass is 261 g/mol. The van der Waals surface area contributed by atoms with Crippen LogP contribution in [-0.4, -0.2) is 16.7 Å². The van der Waals surface area contributed by atoms with Gasteiger partial charge in [-0.15, -0.1) is 0 Å². The number of hydrogen-bond acceptors (Lipinski definition) is 3. The normalized spacial score (nSPS) is 19.5. The van der Waals surface area contributed by atoms with Crippen LogP contribution < -0.4 is 10.5 Å². The van der Waals surface area contributed by atoms with E-state index in [-0.39, 0.29) is 11.6 Å². The Labute approximate surface area is 115 Å². The van der Waals surface area contributed by atoms with E-state index in [2.05, 4.69) is 6.08 Å². The maximum atomic E-state index is 10.3. The van der Waals surface area contributed by atoms with Crippen LogP contribution in [0.4, 0.5) is 0 Å². The highest BCUT2D eigenvalue weighted by Gasteiger charge is 2.26. The van der Waals surface area contributed by atoms with Crippen LogP contribution in [0.15, 0.2) is 12.1 Å². The number of rotatable bonds is 2. The second kappa shape index (κ2) is 4.66. The van der Waals surface area contributed by atoms with Crippen molar-refractivity contribution in [3.8, 4) is 5.75 Å². The summed E-state index contributed by atoms with van der Waals surface area (Å²) in [5.41, 5.74) is 9.57. The highest BCUT2D eigenvalue weighted by molar-refractivity contribution is 5.67. The molecule has 19 heavy (non-hydrogen) atoms. The van der Waals surface area contributed by atoms with Crippen molar-refractivity contribution in [2.75, 3.05) is 0 Å². The maximum absolute atomic E-state index is 10.3. The van der Waals surface area contributed by atoms with Gasteiger partial charge in [0, 0.05) is 11.6 Å². The second-order valence-electron chi connectivity index (χ2n) is 5.99. The minimum atomic E-state index is -0.645. The average molecular weight is 261 g/mol. The molecule has 2 unspecified atom stereocenters. The molecule has 104 valence electrons. The smallest absolute Gasteiger partial charge is 0.128 e. The molecule has 1 aliphatic rings. The number of hydrogen-bond donors (Lipinski definition) is 2. The molecule has 0 amide bonds. The molecule has 0 bridgehead atoms. The largest absolute Gasteiger partial charge is 0.483 e. The number of aryl methyl sites for hydroxylation is 1. The Hall–Kier alpha value is -1.32. The number of fused-ring (bicyclic) bond motifs is 1. The van der Waals surface area contributed by atoms with Gasteiger partial charge in [0.05, 0.1) is 6.10 Å². The van der Waals surface area contributed by atoms with Gasteiger partial charge in [-0.05, 0) is 63.5 Å². The quantitative estimate of drug-likeness (QED) is 0.860. The van der Waals surface area contributed by atoms with Crippen molar-refractivity contribution in [2.24, 2.45) is 5.73 Å². The SMILES string of the molecule is Cc1cc2c(c(C)c1C(O)C(C)N)C=CC(C)(C)O2. The molecule has 3 heteroatoms. The topological polar surface area (TPSA) is 55.5 Å². The van der Waals surface area contributed by atoms with Crippen molar-refractivity contribution in [2.45, 2.75) is 52.4 Å². The first-order valence-corrected chi connectivity index (χ1v) is 6.69. The van der Waals surface area contributed by atoms with E-state index in [9.17, 15) is 5.11 Å². The van der Waals surface area contributed by atoms with E-state index in [0.29, 0.717) is 0 Å². The van der Waals surface area contributed by atoms with E-state index in [1.807, 2.05) is 46.8 Å². The van der Waals surface area contributed by atoms with Crippen LogP contribution in [0.3, 0.4) is 0 Å². The lowest BCUT2D eigenvalue weighted by atomic mass is 9.88. The Kier molecular flexibility index (Phi) is 3.45. The fourth-order valence-electron chi connectivity index (χ4n) is 2.59. The molecule has 0 fully saturated rings. The van der Waals surface area contributed by atoms with Crippen LogP contribution >= 0.6 is 0 Å². The zero-order valence-electron chi connectivity index (χ0n) is 12.3. The molecule has 1 aliphatic heterocycles. The number of benzene rings is 1. The molecule has 3 nitrogen and oxygen atoms in total. The Morgan fingerprint density at radius 1 is 1.32 bits per heavy atom. The summed E-state index contributed by atoms with van der Waals surface area (Å²) in [6, 6.07) is 1.70. The number of aliphatic hydroxyl groups excluding tert-OH is 1. The summed E-state index contributed by atoms with van der Waals surface area (Å²) in [6.45, 7) is 9.88. The molecule has 1 aromatic carbocycles. The van der Waals surface area contributed by atoms with E-state index in [0.717, 1.165) is 28.0 Å². The van der Waals surface area contributed by atoms with Gasteiger partial charge in [0.25, 0.3) is 0 Å². The maximum Gasteiger partial charge on any atom is 0.128 e. The predicted molar refractivity (Wildman–Crippen MR) is 78.3 cm³/mol. The van der Waals surface area contributed by atoms with Crippen LogP contribution in [0.5, 0.6) is 5.75 Å². The summed E-state index contributed by atoms with van der Waals surface area (Å²) < 4.78 is 5.98. The van der Waals surface area contributed by atoms with Crippen LogP contribution in [0.1, 0.15) is 49.1 Å². The zero-order chi connectivity index (χ0) is 14.4. The Morgan fingerprint density at radius 2 is 1.95 bits per heavy atom. The molecule has 3 N–H and O–H groups in total. The van der Waals surface area contributed by atoms with E-state index in [4.69, 9.17) is 10.5 Å². The van der Waals surface area contributed by atoms with Crippen molar-refractivity contribution in [1.82, 2.24) is 0 Å². The van der Waals surface area contributed by atoms with Crippen LogP contribution in [0.25, 0.3) is 6.08 Å². The fourth-order valence-corrected chi connectivity index (χ4v) is 2.59. The Bertz CT molecular complexity index is 530. The average Bonchev–Trinajstić information content (AvgIpc) is 2.26.